The normalized spacial score (nSPS) is 12.4. The molecule has 1 rings (SSSR count). The molecule has 1 atom stereocenters. The second kappa shape index (κ2) is 10.4. The van der Waals surface area contributed by atoms with Crippen molar-refractivity contribution in [3.05, 3.63) is 35.9 Å². The van der Waals surface area contributed by atoms with Crippen LogP contribution in [-0.4, -0.2) is 25.7 Å². The van der Waals surface area contributed by atoms with E-state index in [9.17, 15) is 4.79 Å². The third-order valence-electron chi connectivity index (χ3n) is 3.31. The first kappa shape index (κ1) is 17.7. The number of hydrogen-bond acceptors (Lipinski definition) is 2. The van der Waals surface area contributed by atoms with E-state index in [-0.39, 0.29) is 11.8 Å². The maximum atomic E-state index is 12.3. The first-order valence-corrected chi connectivity index (χ1v) is 8.05. The third kappa shape index (κ3) is 7.28. The van der Waals surface area contributed by atoms with Crippen LogP contribution in [0.25, 0.3) is 0 Å². The first-order chi connectivity index (χ1) is 10.1. The van der Waals surface area contributed by atoms with Crippen LogP contribution in [0.4, 0.5) is 0 Å². The summed E-state index contributed by atoms with van der Waals surface area (Å²) < 4.78 is 5.52. The number of rotatable bonds is 10. The summed E-state index contributed by atoms with van der Waals surface area (Å²) in [5.41, 5.74) is 1.10. The SMILES string of the molecule is CCCC(C(=O)NCCCOCC(C)C)c1ccccc1. The summed E-state index contributed by atoms with van der Waals surface area (Å²) in [6.45, 7) is 8.57. The molecule has 0 aliphatic carbocycles. The van der Waals surface area contributed by atoms with Crippen molar-refractivity contribution in [1.82, 2.24) is 5.32 Å². The molecule has 0 spiro atoms. The van der Waals surface area contributed by atoms with Gasteiger partial charge in [-0.2, -0.15) is 0 Å². The summed E-state index contributed by atoms with van der Waals surface area (Å²) in [6.07, 6.45) is 2.76. The number of hydrogen-bond donors (Lipinski definition) is 1. The fourth-order valence-corrected chi connectivity index (χ4v) is 2.25. The third-order valence-corrected chi connectivity index (χ3v) is 3.31. The molecule has 1 aromatic rings. The topological polar surface area (TPSA) is 38.3 Å². The van der Waals surface area contributed by atoms with Crippen LogP contribution < -0.4 is 5.32 Å². The molecular weight excluding hydrogens is 262 g/mol. The molecule has 0 saturated heterocycles. The fraction of sp³-hybridized carbons (Fsp3) is 0.611. The molecule has 0 aliphatic rings. The van der Waals surface area contributed by atoms with E-state index in [4.69, 9.17) is 4.74 Å². The van der Waals surface area contributed by atoms with Crippen LogP contribution in [0.2, 0.25) is 0 Å². The van der Waals surface area contributed by atoms with E-state index in [0.717, 1.165) is 31.4 Å². The van der Waals surface area contributed by atoms with Crippen molar-refractivity contribution < 1.29 is 9.53 Å². The van der Waals surface area contributed by atoms with Gasteiger partial charge in [0, 0.05) is 19.8 Å². The highest BCUT2D eigenvalue weighted by Gasteiger charge is 2.18. The standard InChI is InChI=1S/C18H29NO2/c1-4-9-17(16-10-6-5-7-11-16)18(20)19-12-8-13-21-14-15(2)3/h5-7,10-11,15,17H,4,8-9,12-14H2,1-3H3,(H,19,20). The Hall–Kier alpha value is -1.35. The van der Waals surface area contributed by atoms with Crippen LogP contribution in [-0.2, 0) is 9.53 Å². The molecule has 0 aromatic heterocycles. The largest absolute Gasteiger partial charge is 0.381 e. The predicted octanol–water partition coefficient (Wildman–Crippen LogP) is 3.75. The van der Waals surface area contributed by atoms with E-state index in [0.29, 0.717) is 19.1 Å². The van der Waals surface area contributed by atoms with Crippen molar-refractivity contribution >= 4 is 5.91 Å². The lowest BCUT2D eigenvalue weighted by molar-refractivity contribution is -0.122. The van der Waals surface area contributed by atoms with E-state index < -0.39 is 0 Å². The Morgan fingerprint density at radius 3 is 2.57 bits per heavy atom. The quantitative estimate of drug-likeness (QED) is 0.667. The Morgan fingerprint density at radius 1 is 1.24 bits per heavy atom. The molecule has 118 valence electrons. The Balaban J connectivity index is 2.34. The van der Waals surface area contributed by atoms with Gasteiger partial charge in [-0.25, -0.2) is 0 Å². The summed E-state index contributed by atoms with van der Waals surface area (Å²) in [6, 6.07) is 10.0. The minimum absolute atomic E-state index is 0.0345. The summed E-state index contributed by atoms with van der Waals surface area (Å²) in [5.74, 6) is 0.659. The van der Waals surface area contributed by atoms with Gasteiger partial charge in [0.2, 0.25) is 5.91 Å². The van der Waals surface area contributed by atoms with Crippen molar-refractivity contribution in [1.29, 1.82) is 0 Å². The smallest absolute Gasteiger partial charge is 0.227 e. The predicted molar refractivity (Wildman–Crippen MR) is 87.4 cm³/mol. The molecule has 21 heavy (non-hydrogen) atoms. The van der Waals surface area contributed by atoms with Crippen molar-refractivity contribution in [2.24, 2.45) is 5.92 Å². The van der Waals surface area contributed by atoms with Crippen LogP contribution >= 0.6 is 0 Å². The summed E-state index contributed by atoms with van der Waals surface area (Å²) in [4.78, 5) is 12.3. The molecular formula is C18H29NO2. The molecule has 0 saturated carbocycles. The van der Waals surface area contributed by atoms with Crippen LogP contribution in [0.1, 0.15) is 51.5 Å². The monoisotopic (exact) mass is 291 g/mol. The summed E-state index contributed by atoms with van der Waals surface area (Å²) in [7, 11) is 0. The highest BCUT2D eigenvalue weighted by molar-refractivity contribution is 5.83. The highest BCUT2D eigenvalue weighted by Crippen LogP contribution is 2.21. The number of nitrogens with one attached hydrogen (secondary N) is 1. The van der Waals surface area contributed by atoms with Crippen molar-refractivity contribution in [2.75, 3.05) is 19.8 Å². The Kier molecular flexibility index (Phi) is 8.76. The minimum Gasteiger partial charge on any atom is -0.381 e. The molecule has 1 unspecified atom stereocenters. The van der Waals surface area contributed by atoms with Gasteiger partial charge in [-0.3, -0.25) is 4.79 Å². The molecule has 0 bridgehead atoms. The zero-order valence-corrected chi connectivity index (χ0v) is 13.6. The summed E-state index contributed by atoms with van der Waals surface area (Å²) in [5, 5.41) is 3.04. The summed E-state index contributed by atoms with van der Waals surface area (Å²) >= 11 is 0. The van der Waals surface area contributed by atoms with Gasteiger partial charge in [0.05, 0.1) is 5.92 Å². The number of benzene rings is 1. The molecule has 0 heterocycles. The van der Waals surface area contributed by atoms with Gasteiger partial charge in [-0.1, -0.05) is 57.5 Å². The zero-order chi connectivity index (χ0) is 15.5. The Labute approximate surface area is 129 Å². The van der Waals surface area contributed by atoms with Crippen molar-refractivity contribution in [3.8, 4) is 0 Å². The van der Waals surface area contributed by atoms with E-state index in [2.05, 4.69) is 26.1 Å². The van der Waals surface area contributed by atoms with Gasteiger partial charge >= 0.3 is 0 Å². The van der Waals surface area contributed by atoms with Crippen LogP contribution in [0.3, 0.4) is 0 Å². The van der Waals surface area contributed by atoms with E-state index in [1.807, 2.05) is 30.3 Å². The first-order valence-electron chi connectivity index (χ1n) is 8.05. The maximum Gasteiger partial charge on any atom is 0.227 e. The van der Waals surface area contributed by atoms with Crippen molar-refractivity contribution in [3.63, 3.8) is 0 Å². The molecule has 3 nitrogen and oxygen atoms in total. The van der Waals surface area contributed by atoms with Crippen molar-refractivity contribution in [2.45, 2.75) is 46.0 Å². The number of ether oxygens (including phenoxy) is 1. The highest BCUT2D eigenvalue weighted by atomic mass is 16.5. The lowest BCUT2D eigenvalue weighted by Crippen LogP contribution is -2.30. The Bertz CT molecular complexity index is 389. The van der Waals surface area contributed by atoms with Gasteiger partial charge in [0.1, 0.15) is 0 Å². The molecule has 1 amide bonds. The van der Waals surface area contributed by atoms with Gasteiger partial charge in [-0.15, -0.1) is 0 Å². The number of amides is 1. The molecule has 3 heteroatoms. The van der Waals surface area contributed by atoms with Gasteiger partial charge in [-0.05, 0) is 24.3 Å². The lowest BCUT2D eigenvalue weighted by Gasteiger charge is -2.16. The van der Waals surface area contributed by atoms with Gasteiger partial charge < -0.3 is 10.1 Å². The lowest BCUT2D eigenvalue weighted by atomic mass is 9.93. The molecule has 1 aromatic carbocycles. The zero-order valence-electron chi connectivity index (χ0n) is 13.6. The molecule has 1 N–H and O–H groups in total. The second-order valence-corrected chi connectivity index (χ2v) is 5.87. The van der Waals surface area contributed by atoms with Crippen LogP contribution in [0.15, 0.2) is 30.3 Å². The number of carbonyl (C=O) groups excluding carboxylic acids is 1. The van der Waals surface area contributed by atoms with Crippen LogP contribution in [0, 0.1) is 5.92 Å². The molecule has 0 radical (unpaired) electrons. The van der Waals surface area contributed by atoms with E-state index in [1.165, 1.54) is 0 Å². The molecule has 0 aliphatic heterocycles. The van der Waals surface area contributed by atoms with Gasteiger partial charge in [0.25, 0.3) is 0 Å². The average Bonchev–Trinajstić information content (AvgIpc) is 2.48. The Morgan fingerprint density at radius 2 is 1.95 bits per heavy atom. The average molecular weight is 291 g/mol. The fourth-order valence-electron chi connectivity index (χ4n) is 2.25. The second-order valence-electron chi connectivity index (χ2n) is 5.87. The van der Waals surface area contributed by atoms with E-state index >= 15 is 0 Å². The maximum absolute atomic E-state index is 12.3. The van der Waals surface area contributed by atoms with E-state index in [1.54, 1.807) is 0 Å². The molecule has 0 fully saturated rings. The van der Waals surface area contributed by atoms with Crippen LogP contribution in [0.5, 0.6) is 0 Å². The van der Waals surface area contributed by atoms with Gasteiger partial charge in [0.15, 0.2) is 0 Å². The number of carbonyl (C=O) groups is 1. The minimum atomic E-state index is -0.0345.